The molecule has 136 valence electrons. The molecule has 0 atom stereocenters. The van der Waals surface area contributed by atoms with Crippen molar-refractivity contribution in [1.29, 1.82) is 5.26 Å². The summed E-state index contributed by atoms with van der Waals surface area (Å²) in [7, 11) is 0. The minimum Gasteiger partial charge on any atom is -0.483 e. The van der Waals surface area contributed by atoms with Crippen LogP contribution in [0.15, 0.2) is 47.8 Å². The van der Waals surface area contributed by atoms with Crippen LogP contribution in [-0.4, -0.2) is 11.5 Å². The lowest BCUT2D eigenvalue weighted by Crippen LogP contribution is -2.01. The van der Waals surface area contributed by atoms with Crippen LogP contribution in [0.1, 0.15) is 11.1 Å². The van der Waals surface area contributed by atoms with E-state index in [1.807, 2.05) is 5.38 Å². The predicted octanol–water partition coefficient (Wildman–Crippen LogP) is 6.12. The predicted molar refractivity (Wildman–Crippen MR) is 107 cm³/mol. The maximum Gasteiger partial charge on any atom is 0.269 e. The number of thiophene rings is 1. The van der Waals surface area contributed by atoms with Crippen LogP contribution in [-0.2, 0) is 6.42 Å². The number of nitriles is 1. The smallest absolute Gasteiger partial charge is 0.269 e. The highest BCUT2D eigenvalue weighted by Gasteiger charge is 2.15. The molecule has 2 aromatic carbocycles. The van der Waals surface area contributed by atoms with Crippen molar-refractivity contribution in [3.05, 3.63) is 79.1 Å². The van der Waals surface area contributed by atoms with Gasteiger partial charge in [-0.3, -0.25) is 10.1 Å². The highest BCUT2D eigenvalue weighted by molar-refractivity contribution is 7.12. The van der Waals surface area contributed by atoms with Gasteiger partial charge < -0.3 is 4.74 Å². The third-order valence-electron chi connectivity index (χ3n) is 3.87. The summed E-state index contributed by atoms with van der Waals surface area (Å²) in [5, 5.41) is 23.5. The van der Waals surface area contributed by atoms with Gasteiger partial charge in [-0.05, 0) is 23.3 Å². The Labute approximate surface area is 169 Å². The van der Waals surface area contributed by atoms with E-state index in [1.54, 1.807) is 30.3 Å². The Hall–Kier alpha value is -2.59. The van der Waals surface area contributed by atoms with Crippen LogP contribution in [0.3, 0.4) is 0 Å². The summed E-state index contributed by atoms with van der Waals surface area (Å²) in [6.45, 7) is 0.355. The summed E-state index contributed by atoms with van der Waals surface area (Å²) < 4.78 is 5.77. The summed E-state index contributed by atoms with van der Waals surface area (Å²) in [4.78, 5) is 10.2. The second-order valence-electron chi connectivity index (χ2n) is 5.57. The lowest BCUT2D eigenvalue weighted by molar-refractivity contribution is -0.384. The van der Waals surface area contributed by atoms with Gasteiger partial charge in [0.15, 0.2) is 5.06 Å². The summed E-state index contributed by atoms with van der Waals surface area (Å²) in [5.74, 6) is 0. The lowest BCUT2D eigenvalue weighted by Gasteiger charge is -2.06. The fraction of sp³-hybridized carbons (Fsp3) is 0.105. The molecule has 0 fully saturated rings. The average molecular weight is 419 g/mol. The molecule has 0 bridgehead atoms. The van der Waals surface area contributed by atoms with Crippen LogP contribution >= 0.6 is 34.5 Å². The van der Waals surface area contributed by atoms with Crippen molar-refractivity contribution in [2.75, 3.05) is 6.61 Å². The lowest BCUT2D eigenvalue weighted by atomic mass is 10.1. The molecule has 0 aliphatic carbocycles. The summed E-state index contributed by atoms with van der Waals surface area (Å²) >= 11 is 13.3. The number of ether oxygens (including phenoxy) is 1. The van der Waals surface area contributed by atoms with E-state index in [0.29, 0.717) is 33.7 Å². The van der Waals surface area contributed by atoms with Crippen molar-refractivity contribution in [2.24, 2.45) is 0 Å². The van der Waals surface area contributed by atoms with Crippen LogP contribution in [0.2, 0.25) is 10.0 Å². The van der Waals surface area contributed by atoms with Gasteiger partial charge in [0.2, 0.25) is 0 Å². The molecule has 0 unspecified atom stereocenters. The first-order valence-corrected chi connectivity index (χ1v) is 9.46. The number of non-ortho nitro benzene ring substituents is 1. The summed E-state index contributed by atoms with van der Waals surface area (Å²) in [6, 6.07) is 13.7. The molecule has 3 aromatic rings. The van der Waals surface area contributed by atoms with Gasteiger partial charge in [-0.2, -0.15) is 5.26 Å². The normalized spacial score (nSPS) is 10.4. The molecule has 0 radical (unpaired) electrons. The van der Waals surface area contributed by atoms with Crippen LogP contribution in [0.25, 0.3) is 11.1 Å². The van der Waals surface area contributed by atoms with Crippen LogP contribution in [0.4, 0.5) is 5.69 Å². The molecule has 8 heteroatoms. The van der Waals surface area contributed by atoms with Crippen molar-refractivity contribution in [3.63, 3.8) is 0 Å². The number of halogens is 2. The van der Waals surface area contributed by atoms with Crippen LogP contribution < -0.4 is 4.74 Å². The molecule has 0 saturated heterocycles. The Kier molecular flexibility index (Phi) is 5.97. The molecule has 0 amide bonds. The molecular formula is C19H12Cl2N2O3S. The fourth-order valence-electron chi connectivity index (χ4n) is 2.47. The van der Waals surface area contributed by atoms with E-state index in [-0.39, 0.29) is 5.69 Å². The molecule has 27 heavy (non-hydrogen) atoms. The largest absolute Gasteiger partial charge is 0.483 e. The topological polar surface area (TPSA) is 76.2 Å². The number of nitrogens with zero attached hydrogens (tertiary/aromatic N) is 2. The third-order valence-corrected chi connectivity index (χ3v) is 5.50. The standard InChI is InChI=1S/C19H12Cl2N2O3S/c20-17-6-3-13(9-18(17)21)16-11-27-19(15(16)10-22)26-8-7-12-1-4-14(5-2-12)23(24)25/h1-6,9,11H,7-8H2. The highest BCUT2D eigenvalue weighted by atomic mass is 35.5. The monoisotopic (exact) mass is 418 g/mol. The van der Waals surface area contributed by atoms with Gasteiger partial charge in [0.1, 0.15) is 11.6 Å². The highest BCUT2D eigenvalue weighted by Crippen LogP contribution is 2.38. The van der Waals surface area contributed by atoms with Crippen molar-refractivity contribution in [2.45, 2.75) is 6.42 Å². The summed E-state index contributed by atoms with van der Waals surface area (Å²) in [6.07, 6.45) is 0.572. The fourth-order valence-corrected chi connectivity index (χ4v) is 3.68. The molecule has 0 spiro atoms. The van der Waals surface area contributed by atoms with E-state index in [0.717, 1.165) is 16.7 Å². The van der Waals surface area contributed by atoms with Crippen molar-refractivity contribution >= 4 is 40.2 Å². The Balaban J connectivity index is 1.71. The zero-order valence-electron chi connectivity index (χ0n) is 13.8. The number of nitro benzene ring substituents is 1. The molecule has 0 aliphatic heterocycles. The summed E-state index contributed by atoms with van der Waals surface area (Å²) in [5.41, 5.74) is 2.95. The average Bonchev–Trinajstić information content (AvgIpc) is 3.07. The van der Waals surface area contributed by atoms with Crippen LogP contribution in [0.5, 0.6) is 5.06 Å². The van der Waals surface area contributed by atoms with E-state index < -0.39 is 4.92 Å². The third kappa shape index (κ3) is 4.40. The number of hydrogen-bond acceptors (Lipinski definition) is 5. The quantitative estimate of drug-likeness (QED) is 0.356. The number of rotatable bonds is 6. The number of nitro groups is 1. The minimum absolute atomic E-state index is 0.0518. The van der Waals surface area contributed by atoms with Gasteiger partial charge >= 0.3 is 0 Å². The SMILES string of the molecule is N#Cc1c(-c2ccc(Cl)c(Cl)c2)csc1OCCc1ccc([N+](=O)[O-])cc1. The minimum atomic E-state index is -0.435. The van der Waals surface area contributed by atoms with Crippen molar-refractivity contribution in [1.82, 2.24) is 0 Å². The van der Waals surface area contributed by atoms with Gasteiger partial charge in [-0.15, -0.1) is 11.3 Å². The van der Waals surface area contributed by atoms with Crippen LogP contribution in [0, 0.1) is 21.4 Å². The second-order valence-corrected chi connectivity index (χ2v) is 7.23. The van der Waals surface area contributed by atoms with E-state index in [9.17, 15) is 15.4 Å². The molecular weight excluding hydrogens is 407 g/mol. The first-order valence-electron chi connectivity index (χ1n) is 7.82. The Bertz CT molecular complexity index is 1030. The Morgan fingerprint density at radius 2 is 1.89 bits per heavy atom. The first-order chi connectivity index (χ1) is 13.0. The number of hydrogen-bond donors (Lipinski definition) is 0. The Morgan fingerprint density at radius 3 is 2.52 bits per heavy atom. The van der Waals surface area contributed by atoms with Gasteiger partial charge in [-0.25, -0.2) is 0 Å². The molecule has 0 aliphatic rings. The van der Waals surface area contributed by atoms with Gasteiger partial charge in [-0.1, -0.05) is 41.4 Å². The number of benzene rings is 2. The van der Waals surface area contributed by atoms with E-state index in [1.165, 1.54) is 23.5 Å². The zero-order valence-corrected chi connectivity index (χ0v) is 16.1. The van der Waals surface area contributed by atoms with Gasteiger partial charge in [0.05, 0.1) is 21.6 Å². The molecule has 0 N–H and O–H groups in total. The molecule has 1 heterocycles. The van der Waals surface area contributed by atoms with E-state index in [4.69, 9.17) is 27.9 Å². The Morgan fingerprint density at radius 1 is 1.15 bits per heavy atom. The van der Waals surface area contributed by atoms with E-state index >= 15 is 0 Å². The zero-order chi connectivity index (χ0) is 19.4. The second kappa shape index (κ2) is 8.40. The van der Waals surface area contributed by atoms with E-state index in [2.05, 4.69) is 6.07 Å². The molecule has 0 saturated carbocycles. The maximum absolute atomic E-state index is 10.7. The molecule has 3 rings (SSSR count). The van der Waals surface area contributed by atoms with Gasteiger partial charge in [0.25, 0.3) is 5.69 Å². The first kappa shape index (κ1) is 19.2. The molecule has 5 nitrogen and oxygen atoms in total. The van der Waals surface area contributed by atoms with Crippen molar-refractivity contribution < 1.29 is 9.66 Å². The maximum atomic E-state index is 10.7. The van der Waals surface area contributed by atoms with Gasteiger partial charge in [0, 0.05) is 29.5 Å². The van der Waals surface area contributed by atoms with Crippen molar-refractivity contribution in [3.8, 4) is 22.3 Å². The molecule has 1 aromatic heterocycles.